The van der Waals surface area contributed by atoms with Gasteiger partial charge in [-0.3, -0.25) is 4.79 Å². The molecule has 1 amide bonds. The van der Waals surface area contributed by atoms with Crippen LogP contribution in [-0.2, 0) is 16.0 Å². The molecule has 0 bridgehead atoms. The molecule has 7 nitrogen and oxygen atoms in total. The first kappa shape index (κ1) is 16.1. The lowest BCUT2D eigenvalue weighted by atomic mass is 10.1. The highest BCUT2D eigenvalue weighted by molar-refractivity contribution is 5.81. The van der Waals surface area contributed by atoms with Crippen LogP contribution in [0, 0.1) is 5.92 Å². The van der Waals surface area contributed by atoms with Crippen molar-refractivity contribution in [3.8, 4) is 17.2 Å². The van der Waals surface area contributed by atoms with Gasteiger partial charge in [0.1, 0.15) is 11.9 Å². The molecule has 2 fully saturated rings. The monoisotopic (exact) mass is 343 g/mol. The summed E-state index contributed by atoms with van der Waals surface area (Å²) >= 11 is 0. The van der Waals surface area contributed by atoms with Crippen molar-refractivity contribution < 1.29 is 18.8 Å². The molecule has 1 aromatic heterocycles. The van der Waals surface area contributed by atoms with E-state index >= 15 is 0 Å². The van der Waals surface area contributed by atoms with Gasteiger partial charge in [0.05, 0.1) is 25.3 Å². The Balaban J connectivity index is 1.41. The minimum Gasteiger partial charge on any atom is -0.486 e. The molecular weight excluding hydrogens is 322 g/mol. The van der Waals surface area contributed by atoms with Crippen molar-refractivity contribution in [2.24, 2.45) is 5.92 Å². The van der Waals surface area contributed by atoms with Gasteiger partial charge >= 0.3 is 0 Å². The van der Waals surface area contributed by atoms with Crippen LogP contribution in [0.5, 0.6) is 5.75 Å². The first-order valence-corrected chi connectivity index (χ1v) is 8.61. The Hall–Kier alpha value is -2.41. The highest BCUT2D eigenvalue weighted by Crippen LogP contribution is 2.34. The molecule has 2 aliphatic rings. The van der Waals surface area contributed by atoms with Crippen molar-refractivity contribution in [3.63, 3.8) is 0 Å². The van der Waals surface area contributed by atoms with Crippen LogP contribution in [-0.4, -0.2) is 53.9 Å². The summed E-state index contributed by atoms with van der Waals surface area (Å²) in [6.45, 7) is 1.84. The molecule has 0 radical (unpaired) electrons. The first-order valence-electron chi connectivity index (χ1n) is 8.61. The van der Waals surface area contributed by atoms with E-state index in [1.807, 2.05) is 29.2 Å². The van der Waals surface area contributed by atoms with Crippen LogP contribution >= 0.6 is 0 Å². The van der Waals surface area contributed by atoms with Crippen molar-refractivity contribution in [1.82, 2.24) is 15.0 Å². The van der Waals surface area contributed by atoms with E-state index in [9.17, 15) is 4.79 Å². The summed E-state index contributed by atoms with van der Waals surface area (Å²) in [6, 6.07) is 7.60. The van der Waals surface area contributed by atoms with Crippen LogP contribution in [0.15, 0.2) is 28.8 Å². The second-order valence-electron chi connectivity index (χ2n) is 6.51. The molecule has 1 aliphatic heterocycles. The van der Waals surface area contributed by atoms with Crippen LogP contribution in [0.1, 0.15) is 18.7 Å². The lowest BCUT2D eigenvalue weighted by Gasteiger charge is -2.39. The molecular formula is C18H21N3O4. The van der Waals surface area contributed by atoms with Crippen molar-refractivity contribution in [3.05, 3.63) is 30.1 Å². The number of rotatable bonds is 7. The summed E-state index contributed by atoms with van der Waals surface area (Å²) in [5.41, 5.74) is 0.769. The van der Waals surface area contributed by atoms with Gasteiger partial charge in [-0.1, -0.05) is 17.3 Å². The zero-order valence-electron chi connectivity index (χ0n) is 14.2. The Morgan fingerprint density at radius 1 is 1.32 bits per heavy atom. The number of benzene rings is 1. The quantitative estimate of drug-likeness (QED) is 0.764. The fraction of sp³-hybridized carbons (Fsp3) is 0.500. The first-order chi connectivity index (χ1) is 12.2. The van der Waals surface area contributed by atoms with Gasteiger partial charge in [-0.15, -0.1) is 0 Å². The van der Waals surface area contributed by atoms with Crippen LogP contribution < -0.4 is 4.74 Å². The molecule has 4 rings (SSSR count). The van der Waals surface area contributed by atoms with Gasteiger partial charge in [-0.25, -0.2) is 0 Å². The largest absolute Gasteiger partial charge is 0.486 e. The molecule has 7 heteroatoms. The van der Waals surface area contributed by atoms with E-state index < -0.39 is 0 Å². The van der Waals surface area contributed by atoms with E-state index in [4.69, 9.17) is 14.0 Å². The number of hydrogen-bond acceptors (Lipinski definition) is 6. The number of amides is 1. The standard InChI is InChI=1S/C18H21N3O4/c1-23-9-8-16-19-17(25-20-16)14-4-2-3-5-15(14)24-13-10-21(11-13)18(22)12-6-7-12/h2-5,12-13H,6-11H2,1H3. The van der Waals surface area contributed by atoms with Gasteiger partial charge < -0.3 is 18.9 Å². The van der Waals surface area contributed by atoms with Crippen molar-refractivity contribution >= 4 is 5.91 Å². The van der Waals surface area contributed by atoms with Crippen LogP contribution in [0.25, 0.3) is 11.5 Å². The summed E-state index contributed by atoms with van der Waals surface area (Å²) in [7, 11) is 1.64. The van der Waals surface area contributed by atoms with Gasteiger partial charge in [0.2, 0.25) is 5.91 Å². The predicted molar refractivity (Wildman–Crippen MR) is 89.0 cm³/mol. The van der Waals surface area contributed by atoms with E-state index in [0.29, 0.717) is 43.6 Å². The molecule has 0 spiro atoms. The summed E-state index contributed by atoms with van der Waals surface area (Å²) in [5.74, 6) is 2.28. The number of nitrogens with zero attached hydrogens (tertiary/aromatic N) is 3. The Morgan fingerprint density at radius 2 is 2.12 bits per heavy atom. The normalized spacial score (nSPS) is 17.4. The minimum absolute atomic E-state index is 0.0136. The van der Waals surface area contributed by atoms with Crippen molar-refractivity contribution in [2.45, 2.75) is 25.4 Å². The van der Waals surface area contributed by atoms with Gasteiger partial charge in [-0.05, 0) is 25.0 Å². The van der Waals surface area contributed by atoms with Gasteiger partial charge in [-0.2, -0.15) is 4.98 Å². The number of likely N-dealkylation sites (tertiary alicyclic amines) is 1. The van der Waals surface area contributed by atoms with E-state index in [0.717, 1.165) is 18.4 Å². The number of methoxy groups -OCH3 is 1. The van der Waals surface area contributed by atoms with Crippen LogP contribution in [0.4, 0.5) is 0 Å². The average molecular weight is 343 g/mol. The van der Waals surface area contributed by atoms with Crippen LogP contribution in [0.3, 0.4) is 0 Å². The van der Waals surface area contributed by atoms with E-state index in [2.05, 4.69) is 10.1 Å². The molecule has 1 saturated carbocycles. The summed E-state index contributed by atoms with van der Waals surface area (Å²) in [5, 5.41) is 3.97. The molecule has 25 heavy (non-hydrogen) atoms. The summed E-state index contributed by atoms with van der Waals surface area (Å²) in [4.78, 5) is 18.3. The molecule has 132 valence electrons. The van der Waals surface area contributed by atoms with Crippen molar-refractivity contribution in [1.29, 1.82) is 0 Å². The number of carbonyl (C=O) groups is 1. The maximum Gasteiger partial charge on any atom is 0.261 e. The molecule has 0 atom stereocenters. The SMILES string of the molecule is COCCc1noc(-c2ccccc2OC2CN(C(=O)C3CC3)C2)n1. The second kappa shape index (κ2) is 6.84. The van der Waals surface area contributed by atoms with Gasteiger partial charge in [0.25, 0.3) is 5.89 Å². The van der Waals surface area contributed by atoms with Gasteiger partial charge in [0, 0.05) is 19.4 Å². The topological polar surface area (TPSA) is 77.7 Å². The molecule has 1 aromatic carbocycles. The fourth-order valence-corrected chi connectivity index (χ4v) is 2.87. The van der Waals surface area contributed by atoms with E-state index in [1.165, 1.54) is 0 Å². The third-order valence-electron chi connectivity index (χ3n) is 4.50. The fourth-order valence-electron chi connectivity index (χ4n) is 2.87. The number of hydrogen-bond donors (Lipinski definition) is 0. The minimum atomic E-state index is 0.0136. The van der Waals surface area contributed by atoms with Crippen molar-refractivity contribution in [2.75, 3.05) is 26.8 Å². The smallest absolute Gasteiger partial charge is 0.261 e. The average Bonchev–Trinajstić information content (AvgIpc) is 3.34. The number of carbonyl (C=O) groups excluding carboxylic acids is 1. The Labute approximate surface area is 145 Å². The van der Waals surface area contributed by atoms with Crippen LogP contribution in [0.2, 0.25) is 0 Å². The summed E-state index contributed by atoms with van der Waals surface area (Å²) < 4.78 is 16.5. The third-order valence-corrected chi connectivity index (χ3v) is 4.50. The number of aromatic nitrogens is 2. The number of para-hydroxylation sites is 1. The lowest BCUT2D eigenvalue weighted by molar-refractivity contribution is -0.141. The molecule has 1 aliphatic carbocycles. The maximum absolute atomic E-state index is 12.0. The number of ether oxygens (including phenoxy) is 2. The summed E-state index contributed by atoms with van der Waals surface area (Å²) in [6.07, 6.45) is 2.68. The molecule has 0 unspecified atom stereocenters. The van der Waals surface area contributed by atoms with Gasteiger partial charge in [0.15, 0.2) is 5.82 Å². The zero-order chi connectivity index (χ0) is 17.2. The predicted octanol–water partition coefficient (Wildman–Crippen LogP) is 1.93. The molecule has 1 saturated heterocycles. The Kier molecular flexibility index (Phi) is 4.40. The Morgan fingerprint density at radius 3 is 2.88 bits per heavy atom. The maximum atomic E-state index is 12.0. The highest BCUT2D eigenvalue weighted by atomic mass is 16.5. The molecule has 2 heterocycles. The highest BCUT2D eigenvalue weighted by Gasteiger charge is 2.40. The third kappa shape index (κ3) is 3.51. The second-order valence-corrected chi connectivity index (χ2v) is 6.51. The molecule has 2 aromatic rings. The van der Waals surface area contributed by atoms with E-state index in [1.54, 1.807) is 7.11 Å². The zero-order valence-corrected chi connectivity index (χ0v) is 14.2. The Bertz CT molecular complexity index is 750. The molecule has 0 N–H and O–H groups in total. The lowest BCUT2D eigenvalue weighted by Crippen LogP contribution is -2.56. The van der Waals surface area contributed by atoms with E-state index in [-0.39, 0.29) is 17.9 Å².